The monoisotopic (exact) mass is 451 g/mol. The largest absolute Gasteiger partial charge is 0.366 e. The van der Waals surface area contributed by atoms with E-state index in [4.69, 9.17) is 0 Å². The molecule has 0 saturated carbocycles. The summed E-state index contributed by atoms with van der Waals surface area (Å²) in [6.45, 7) is 1.76. The molecule has 2 N–H and O–H groups in total. The SMILES string of the molecule is O=C(Cc1ccccc1)NNc1ncnc(N2CCN(c3ccccc3F)CC2)c1[N+](=O)[O-]. The third kappa shape index (κ3) is 5.14. The first-order chi connectivity index (χ1) is 16.0. The predicted octanol–water partition coefficient (Wildman–Crippen LogP) is 2.54. The summed E-state index contributed by atoms with van der Waals surface area (Å²) in [5.74, 6) is -0.642. The number of anilines is 3. The van der Waals surface area contributed by atoms with Gasteiger partial charge in [-0.3, -0.25) is 25.8 Å². The molecule has 2 aromatic carbocycles. The van der Waals surface area contributed by atoms with Gasteiger partial charge >= 0.3 is 5.69 Å². The van der Waals surface area contributed by atoms with Gasteiger partial charge in [0.15, 0.2) is 0 Å². The van der Waals surface area contributed by atoms with Gasteiger partial charge in [0.25, 0.3) is 0 Å². The van der Waals surface area contributed by atoms with Crippen LogP contribution in [0.4, 0.5) is 27.4 Å². The van der Waals surface area contributed by atoms with Crippen molar-refractivity contribution < 1.29 is 14.1 Å². The maximum atomic E-state index is 14.1. The molecule has 1 aliphatic heterocycles. The van der Waals surface area contributed by atoms with E-state index >= 15 is 0 Å². The molecule has 170 valence electrons. The minimum atomic E-state index is -0.579. The Labute approximate surface area is 189 Å². The summed E-state index contributed by atoms with van der Waals surface area (Å²) < 4.78 is 14.1. The van der Waals surface area contributed by atoms with Crippen molar-refractivity contribution in [3.05, 3.63) is 82.4 Å². The number of halogens is 1. The van der Waals surface area contributed by atoms with Crippen LogP contribution in [0.1, 0.15) is 5.56 Å². The maximum Gasteiger partial charge on any atom is 0.355 e. The van der Waals surface area contributed by atoms with E-state index in [1.165, 1.54) is 12.4 Å². The third-order valence-electron chi connectivity index (χ3n) is 5.29. The first-order valence-electron chi connectivity index (χ1n) is 10.4. The lowest BCUT2D eigenvalue weighted by molar-refractivity contribution is -0.383. The fourth-order valence-electron chi connectivity index (χ4n) is 3.68. The van der Waals surface area contributed by atoms with Crippen molar-refractivity contribution in [3.8, 4) is 0 Å². The molecular formula is C22H22FN7O3. The number of carbonyl (C=O) groups excluding carboxylic acids is 1. The van der Waals surface area contributed by atoms with Gasteiger partial charge in [0, 0.05) is 26.2 Å². The number of nitrogens with one attached hydrogen (secondary N) is 2. The number of para-hydroxylation sites is 1. The van der Waals surface area contributed by atoms with Gasteiger partial charge < -0.3 is 9.80 Å². The number of nitro groups is 1. The number of amides is 1. The van der Waals surface area contributed by atoms with Crippen LogP contribution in [-0.4, -0.2) is 47.0 Å². The van der Waals surface area contributed by atoms with Crippen molar-refractivity contribution in [1.29, 1.82) is 0 Å². The molecule has 0 unspecified atom stereocenters. The molecule has 4 rings (SSSR count). The van der Waals surface area contributed by atoms with E-state index in [2.05, 4.69) is 20.8 Å². The molecule has 0 bridgehead atoms. The first-order valence-corrected chi connectivity index (χ1v) is 10.4. The molecule has 0 spiro atoms. The van der Waals surface area contributed by atoms with E-state index < -0.39 is 4.92 Å². The second-order valence-corrected chi connectivity index (χ2v) is 7.41. The summed E-state index contributed by atoms with van der Waals surface area (Å²) in [6, 6.07) is 15.6. The number of piperazine rings is 1. The fraction of sp³-hybridized carbons (Fsp3) is 0.227. The second-order valence-electron chi connectivity index (χ2n) is 7.41. The van der Waals surface area contributed by atoms with E-state index in [0.717, 1.165) is 5.56 Å². The molecule has 2 heterocycles. The number of aromatic nitrogens is 2. The molecule has 10 nitrogen and oxygen atoms in total. The summed E-state index contributed by atoms with van der Waals surface area (Å²) in [6.07, 6.45) is 1.31. The van der Waals surface area contributed by atoms with Crippen LogP contribution in [-0.2, 0) is 11.2 Å². The van der Waals surface area contributed by atoms with Crippen LogP contribution in [0.2, 0.25) is 0 Å². The highest BCUT2D eigenvalue weighted by atomic mass is 19.1. The molecular weight excluding hydrogens is 429 g/mol. The standard InChI is InChI=1S/C22H22FN7O3/c23-17-8-4-5-9-18(17)28-10-12-29(13-11-28)22-20(30(32)33)21(24-15-25-22)27-26-19(31)14-16-6-2-1-3-7-16/h1-9,15H,10-14H2,(H,26,31)(H,24,25,27). The molecule has 1 aliphatic rings. The van der Waals surface area contributed by atoms with E-state index in [9.17, 15) is 19.3 Å². The number of benzene rings is 2. The van der Waals surface area contributed by atoms with Gasteiger partial charge in [-0.1, -0.05) is 42.5 Å². The smallest absolute Gasteiger partial charge is 0.355 e. The van der Waals surface area contributed by atoms with Crippen LogP contribution < -0.4 is 20.7 Å². The average molecular weight is 451 g/mol. The van der Waals surface area contributed by atoms with Crippen LogP contribution in [0.15, 0.2) is 60.9 Å². The number of rotatable bonds is 7. The number of hydrogen-bond acceptors (Lipinski definition) is 8. The molecule has 1 saturated heterocycles. The molecule has 0 aliphatic carbocycles. The second kappa shape index (κ2) is 9.90. The van der Waals surface area contributed by atoms with Gasteiger partial charge in [0.05, 0.1) is 17.0 Å². The van der Waals surface area contributed by atoms with Crippen LogP contribution >= 0.6 is 0 Å². The molecule has 1 amide bonds. The predicted molar refractivity (Wildman–Crippen MR) is 121 cm³/mol. The van der Waals surface area contributed by atoms with Gasteiger partial charge in [-0.25, -0.2) is 14.4 Å². The van der Waals surface area contributed by atoms with Gasteiger partial charge in [-0.15, -0.1) is 0 Å². The summed E-state index contributed by atoms with van der Waals surface area (Å²) in [5, 5.41) is 11.8. The lowest BCUT2D eigenvalue weighted by atomic mass is 10.1. The Kier molecular flexibility index (Phi) is 6.58. The molecule has 3 aromatic rings. The summed E-state index contributed by atoms with van der Waals surface area (Å²) in [4.78, 5) is 35.2. The van der Waals surface area contributed by atoms with Gasteiger partial charge in [-0.2, -0.15) is 0 Å². The molecule has 0 atom stereocenters. The van der Waals surface area contributed by atoms with Crippen molar-refractivity contribution >= 4 is 28.9 Å². The number of carbonyl (C=O) groups is 1. The van der Waals surface area contributed by atoms with Gasteiger partial charge in [0.1, 0.15) is 12.1 Å². The Morgan fingerprint density at radius 2 is 1.67 bits per heavy atom. The van der Waals surface area contributed by atoms with Crippen LogP contribution in [0, 0.1) is 15.9 Å². The Balaban J connectivity index is 1.45. The highest BCUT2D eigenvalue weighted by Gasteiger charge is 2.30. The topological polar surface area (TPSA) is 117 Å². The van der Waals surface area contributed by atoms with Crippen LogP contribution in [0.5, 0.6) is 0 Å². The van der Waals surface area contributed by atoms with Crippen molar-refractivity contribution in [2.45, 2.75) is 6.42 Å². The third-order valence-corrected chi connectivity index (χ3v) is 5.29. The van der Waals surface area contributed by atoms with Crippen molar-refractivity contribution in [1.82, 2.24) is 15.4 Å². The lowest BCUT2D eigenvalue weighted by Gasteiger charge is -2.36. The molecule has 11 heteroatoms. The zero-order valence-electron chi connectivity index (χ0n) is 17.6. The zero-order chi connectivity index (χ0) is 23.2. The van der Waals surface area contributed by atoms with E-state index in [1.54, 1.807) is 23.1 Å². The number of hydrogen-bond donors (Lipinski definition) is 2. The van der Waals surface area contributed by atoms with Crippen molar-refractivity contribution in [2.24, 2.45) is 0 Å². The Morgan fingerprint density at radius 1 is 1.00 bits per heavy atom. The van der Waals surface area contributed by atoms with E-state index in [0.29, 0.717) is 31.9 Å². The summed E-state index contributed by atoms with van der Waals surface area (Å²) in [7, 11) is 0. The minimum absolute atomic E-state index is 0.108. The van der Waals surface area contributed by atoms with Gasteiger partial charge in [-0.05, 0) is 17.7 Å². The first kappa shape index (κ1) is 21.9. The molecule has 0 radical (unpaired) electrons. The summed E-state index contributed by atoms with van der Waals surface area (Å²) >= 11 is 0. The quantitative estimate of drug-likeness (QED) is 0.416. The highest BCUT2D eigenvalue weighted by Crippen LogP contribution is 2.32. The summed E-state index contributed by atoms with van der Waals surface area (Å²) in [5.41, 5.74) is 5.98. The number of hydrazine groups is 1. The van der Waals surface area contributed by atoms with Crippen molar-refractivity contribution in [2.75, 3.05) is 41.4 Å². The maximum absolute atomic E-state index is 14.1. The Bertz CT molecular complexity index is 1140. The normalized spacial score (nSPS) is 13.5. The minimum Gasteiger partial charge on any atom is -0.366 e. The van der Waals surface area contributed by atoms with Gasteiger partial charge in [0.2, 0.25) is 17.5 Å². The molecule has 1 fully saturated rings. The van der Waals surface area contributed by atoms with Crippen LogP contribution in [0.25, 0.3) is 0 Å². The molecule has 1 aromatic heterocycles. The van der Waals surface area contributed by atoms with E-state index in [1.807, 2.05) is 35.2 Å². The number of nitrogens with zero attached hydrogens (tertiary/aromatic N) is 5. The Morgan fingerprint density at radius 3 is 2.36 bits per heavy atom. The zero-order valence-corrected chi connectivity index (χ0v) is 17.6. The Hall–Kier alpha value is -4.28. The lowest BCUT2D eigenvalue weighted by Crippen LogP contribution is -2.47. The molecule has 33 heavy (non-hydrogen) atoms. The van der Waals surface area contributed by atoms with Crippen molar-refractivity contribution in [3.63, 3.8) is 0 Å². The average Bonchev–Trinajstić information content (AvgIpc) is 2.83. The highest BCUT2D eigenvalue weighted by molar-refractivity contribution is 5.81. The van der Waals surface area contributed by atoms with E-state index in [-0.39, 0.29) is 35.5 Å². The fourth-order valence-corrected chi connectivity index (χ4v) is 3.68. The van der Waals surface area contributed by atoms with Crippen LogP contribution in [0.3, 0.4) is 0 Å².